The van der Waals surface area contributed by atoms with Gasteiger partial charge in [0.05, 0.1) is 5.02 Å². The lowest BCUT2D eigenvalue weighted by atomic mass is 10.1. The lowest BCUT2D eigenvalue weighted by Crippen LogP contribution is -2.32. The summed E-state index contributed by atoms with van der Waals surface area (Å²) in [6.07, 6.45) is -0.180. The van der Waals surface area contributed by atoms with Gasteiger partial charge >= 0.3 is 0 Å². The maximum Gasteiger partial charge on any atom is 0.265 e. The Morgan fingerprint density at radius 3 is 2.59 bits per heavy atom. The van der Waals surface area contributed by atoms with Crippen molar-refractivity contribution in [2.45, 2.75) is 31.3 Å². The summed E-state index contributed by atoms with van der Waals surface area (Å²) in [5.41, 5.74) is 1.33. The number of halogens is 1. The fourth-order valence-electron chi connectivity index (χ4n) is 3.03. The van der Waals surface area contributed by atoms with Gasteiger partial charge in [0.2, 0.25) is 10.0 Å². The normalized spacial score (nSPS) is 16.1. The molecule has 0 fully saturated rings. The van der Waals surface area contributed by atoms with Crippen LogP contribution in [0.3, 0.4) is 0 Å². The van der Waals surface area contributed by atoms with Gasteiger partial charge in [0, 0.05) is 25.2 Å². The van der Waals surface area contributed by atoms with Crippen molar-refractivity contribution in [2.24, 2.45) is 0 Å². The van der Waals surface area contributed by atoms with E-state index in [1.165, 1.54) is 16.4 Å². The molecular formula is C19H21ClN2O4S. The van der Waals surface area contributed by atoms with E-state index in [4.69, 9.17) is 16.3 Å². The van der Waals surface area contributed by atoms with Gasteiger partial charge in [-0.2, -0.15) is 4.31 Å². The van der Waals surface area contributed by atoms with Crippen LogP contribution >= 0.6 is 11.6 Å². The minimum atomic E-state index is -3.73. The van der Waals surface area contributed by atoms with Gasteiger partial charge in [0.25, 0.3) is 5.91 Å². The number of sulfonamides is 1. The SMILES string of the molecule is CCN(CC)S(=O)(=O)c1cc(NC(=O)[C@H]2Cc3ccccc3O2)ccc1Cl. The number of hydrogen-bond donors (Lipinski definition) is 1. The number of nitrogens with zero attached hydrogens (tertiary/aromatic N) is 1. The molecule has 0 radical (unpaired) electrons. The molecule has 8 heteroatoms. The number of benzene rings is 2. The van der Waals surface area contributed by atoms with Crippen molar-refractivity contribution in [2.75, 3.05) is 18.4 Å². The molecule has 1 N–H and O–H groups in total. The highest BCUT2D eigenvalue weighted by molar-refractivity contribution is 7.89. The lowest BCUT2D eigenvalue weighted by Gasteiger charge is -2.20. The third-order valence-electron chi connectivity index (χ3n) is 4.46. The number of carbonyl (C=O) groups is 1. The van der Waals surface area contributed by atoms with Crippen LogP contribution in [0, 0.1) is 0 Å². The molecule has 0 spiro atoms. The van der Waals surface area contributed by atoms with Crippen molar-refractivity contribution in [1.82, 2.24) is 4.31 Å². The highest BCUT2D eigenvalue weighted by Crippen LogP contribution is 2.30. The fourth-order valence-corrected chi connectivity index (χ4v) is 4.99. The Balaban J connectivity index is 1.80. The largest absolute Gasteiger partial charge is 0.480 e. The van der Waals surface area contributed by atoms with Gasteiger partial charge in [-0.05, 0) is 29.8 Å². The summed E-state index contributed by atoms with van der Waals surface area (Å²) in [6, 6.07) is 11.9. The molecule has 0 saturated heterocycles. The van der Waals surface area contributed by atoms with Crippen molar-refractivity contribution in [3.8, 4) is 5.75 Å². The number of fused-ring (bicyclic) bond motifs is 1. The van der Waals surface area contributed by atoms with E-state index >= 15 is 0 Å². The summed E-state index contributed by atoms with van der Waals surface area (Å²) in [4.78, 5) is 12.5. The zero-order valence-corrected chi connectivity index (χ0v) is 16.7. The second-order valence-electron chi connectivity index (χ2n) is 6.14. The van der Waals surface area contributed by atoms with Crippen LogP contribution in [-0.2, 0) is 21.2 Å². The summed E-state index contributed by atoms with van der Waals surface area (Å²) in [7, 11) is -3.73. The Morgan fingerprint density at radius 2 is 1.93 bits per heavy atom. The van der Waals surface area contributed by atoms with Crippen LogP contribution < -0.4 is 10.1 Å². The van der Waals surface area contributed by atoms with Gasteiger partial charge in [0.15, 0.2) is 6.10 Å². The van der Waals surface area contributed by atoms with Crippen LogP contribution in [0.1, 0.15) is 19.4 Å². The minimum absolute atomic E-state index is 0.0266. The zero-order valence-electron chi connectivity index (χ0n) is 15.1. The van der Waals surface area contributed by atoms with E-state index in [1.807, 2.05) is 24.3 Å². The van der Waals surface area contributed by atoms with Crippen molar-refractivity contribution in [3.05, 3.63) is 53.1 Å². The molecule has 144 valence electrons. The number of rotatable bonds is 6. The lowest BCUT2D eigenvalue weighted by molar-refractivity contribution is -0.122. The van der Waals surface area contributed by atoms with E-state index in [1.54, 1.807) is 19.9 Å². The van der Waals surface area contributed by atoms with Gasteiger partial charge in [-0.1, -0.05) is 43.6 Å². The van der Waals surface area contributed by atoms with Crippen LogP contribution in [0.5, 0.6) is 5.75 Å². The molecule has 1 atom stereocenters. The van der Waals surface area contributed by atoms with Crippen LogP contribution in [0.4, 0.5) is 5.69 Å². The van der Waals surface area contributed by atoms with Crippen molar-refractivity contribution < 1.29 is 17.9 Å². The smallest absolute Gasteiger partial charge is 0.265 e. The molecular weight excluding hydrogens is 388 g/mol. The van der Waals surface area contributed by atoms with Crippen LogP contribution in [0.15, 0.2) is 47.4 Å². The number of amides is 1. The molecule has 1 heterocycles. The van der Waals surface area contributed by atoms with E-state index in [-0.39, 0.29) is 15.8 Å². The molecule has 0 aliphatic carbocycles. The summed E-state index contributed by atoms with van der Waals surface area (Å²) < 4.78 is 32.5. The Hall–Kier alpha value is -2.09. The van der Waals surface area contributed by atoms with Gasteiger partial charge < -0.3 is 10.1 Å². The van der Waals surface area contributed by atoms with Crippen LogP contribution in [0.25, 0.3) is 0 Å². The summed E-state index contributed by atoms with van der Waals surface area (Å²) in [5.74, 6) is 0.360. The van der Waals surface area contributed by atoms with Crippen LogP contribution in [-0.4, -0.2) is 37.8 Å². The number of anilines is 1. The Labute approximate surface area is 164 Å². The predicted molar refractivity (Wildman–Crippen MR) is 105 cm³/mol. The number of ether oxygens (including phenoxy) is 1. The van der Waals surface area contributed by atoms with Gasteiger partial charge in [-0.25, -0.2) is 8.42 Å². The molecule has 0 bridgehead atoms. The molecule has 1 amide bonds. The van der Waals surface area contributed by atoms with E-state index in [0.29, 0.717) is 30.9 Å². The predicted octanol–water partition coefficient (Wildman–Crippen LogP) is 3.31. The second-order valence-corrected chi connectivity index (χ2v) is 8.46. The van der Waals surface area contributed by atoms with Gasteiger partial charge in [-0.15, -0.1) is 0 Å². The number of nitrogens with one attached hydrogen (secondary N) is 1. The molecule has 2 aromatic rings. The first-order valence-electron chi connectivity index (χ1n) is 8.72. The molecule has 1 aliphatic rings. The first-order chi connectivity index (χ1) is 12.9. The number of para-hydroxylation sites is 1. The molecule has 27 heavy (non-hydrogen) atoms. The summed E-state index contributed by atoms with van der Waals surface area (Å²) in [6.45, 7) is 4.19. The van der Waals surface area contributed by atoms with E-state index in [9.17, 15) is 13.2 Å². The maximum atomic E-state index is 12.8. The van der Waals surface area contributed by atoms with Crippen molar-refractivity contribution in [3.63, 3.8) is 0 Å². The van der Waals surface area contributed by atoms with Gasteiger partial charge in [0.1, 0.15) is 10.6 Å². The summed E-state index contributed by atoms with van der Waals surface area (Å²) in [5, 5.41) is 2.84. The average molecular weight is 409 g/mol. The zero-order chi connectivity index (χ0) is 19.6. The molecule has 6 nitrogen and oxygen atoms in total. The highest BCUT2D eigenvalue weighted by atomic mass is 35.5. The van der Waals surface area contributed by atoms with Gasteiger partial charge in [-0.3, -0.25) is 4.79 Å². The van der Waals surface area contributed by atoms with Crippen LogP contribution in [0.2, 0.25) is 5.02 Å². The quantitative estimate of drug-likeness (QED) is 0.795. The third-order valence-corrected chi connectivity index (χ3v) is 6.99. The maximum absolute atomic E-state index is 12.8. The van der Waals surface area contributed by atoms with Crippen molar-refractivity contribution >= 4 is 33.2 Å². The molecule has 0 unspecified atom stereocenters. The second kappa shape index (κ2) is 7.88. The number of carbonyl (C=O) groups excluding carboxylic acids is 1. The van der Waals surface area contributed by atoms with E-state index in [0.717, 1.165) is 5.56 Å². The molecule has 2 aromatic carbocycles. The fraction of sp³-hybridized carbons (Fsp3) is 0.316. The first kappa shape index (κ1) is 19.7. The van der Waals surface area contributed by atoms with E-state index in [2.05, 4.69) is 5.32 Å². The summed E-state index contributed by atoms with van der Waals surface area (Å²) >= 11 is 6.12. The Morgan fingerprint density at radius 1 is 1.22 bits per heavy atom. The monoisotopic (exact) mass is 408 g/mol. The standard InChI is InChI=1S/C19H21ClN2O4S/c1-3-22(4-2)27(24,25)18-12-14(9-10-15(18)20)21-19(23)17-11-13-7-5-6-8-16(13)26-17/h5-10,12,17H,3-4,11H2,1-2H3,(H,21,23)/t17-/m1/s1. The Kier molecular flexibility index (Phi) is 5.74. The first-order valence-corrected chi connectivity index (χ1v) is 10.5. The topological polar surface area (TPSA) is 75.7 Å². The molecule has 3 rings (SSSR count). The molecule has 0 saturated carbocycles. The van der Waals surface area contributed by atoms with Crippen molar-refractivity contribution in [1.29, 1.82) is 0 Å². The minimum Gasteiger partial charge on any atom is -0.480 e. The van der Waals surface area contributed by atoms with E-state index < -0.39 is 16.1 Å². The third kappa shape index (κ3) is 3.95. The number of hydrogen-bond acceptors (Lipinski definition) is 4. The highest BCUT2D eigenvalue weighted by Gasteiger charge is 2.30. The average Bonchev–Trinajstić information content (AvgIpc) is 3.08. The molecule has 1 aliphatic heterocycles. The molecule has 0 aromatic heterocycles. The Bertz CT molecular complexity index is 933.